The van der Waals surface area contributed by atoms with Crippen LogP contribution < -0.4 is 11.1 Å². The van der Waals surface area contributed by atoms with Crippen LogP contribution >= 0.6 is 12.4 Å². The van der Waals surface area contributed by atoms with Crippen LogP contribution in [0.15, 0.2) is 24.3 Å². The van der Waals surface area contributed by atoms with Crippen LogP contribution in [-0.4, -0.2) is 42.9 Å². The fraction of sp³-hybridized carbons (Fsp3) is 0.429. The highest BCUT2D eigenvalue weighted by Crippen LogP contribution is 2.08. The lowest BCUT2D eigenvalue weighted by Gasteiger charge is -2.24. The third-order valence-electron chi connectivity index (χ3n) is 2.76. The van der Waals surface area contributed by atoms with Gasteiger partial charge < -0.3 is 16.0 Å². The van der Waals surface area contributed by atoms with Crippen LogP contribution in [-0.2, 0) is 0 Å². The Morgan fingerprint density at radius 1 is 1.15 bits per heavy atom. The second kappa shape index (κ2) is 7.26. The van der Waals surface area contributed by atoms with Gasteiger partial charge in [-0.15, -0.1) is 12.4 Å². The van der Waals surface area contributed by atoms with E-state index in [-0.39, 0.29) is 24.2 Å². The van der Waals surface area contributed by atoms with E-state index in [0.29, 0.717) is 17.7 Å². The number of halogens is 1. The van der Waals surface area contributed by atoms with Gasteiger partial charge in [-0.3, -0.25) is 9.59 Å². The lowest BCUT2D eigenvalue weighted by Crippen LogP contribution is -2.48. The highest BCUT2D eigenvalue weighted by atomic mass is 35.5. The molecule has 6 heteroatoms. The zero-order valence-corrected chi connectivity index (χ0v) is 13.1. The first kappa shape index (κ1) is 18.4. The Bertz CT molecular complexity index is 470. The molecule has 0 atom stereocenters. The molecule has 1 aromatic rings. The molecule has 0 aromatic heterocycles. The molecular formula is C14H22ClN3O2. The van der Waals surface area contributed by atoms with E-state index in [0.717, 1.165) is 0 Å². The number of carbonyl (C=O) groups is 2. The number of carbonyl (C=O) groups excluding carboxylic acids is 2. The van der Waals surface area contributed by atoms with Crippen LogP contribution in [0, 0.1) is 0 Å². The molecule has 112 valence electrons. The van der Waals surface area contributed by atoms with Gasteiger partial charge in [0.15, 0.2) is 0 Å². The number of nitrogens with one attached hydrogen (secondary N) is 1. The summed E-state index contributed by atoms with van der Waals surface area (Å²) in [4.78, 5) is 25.2. The molecule has 2 amide bonds. The Labute approximate surface area is 125 Å². The van der Waals surface area contributed by atoms with Gasteiger partial charge in [0.1, 0.15) is 0 Å². The smallest absolute Gasteiger partial charge is 0.253 e. The van der Waals surface area contributed by atoms with Crippen molar-refractivity contribution in [3.05, 3.63) is 35.4 Å². The zero-order valence-electron chi connectivity index (χ0n) is 12.3. The van der Waals surface area contributed by atoms with E-state index >= 15 is 0 Å². The molecule has 0 aliphatic rings. The molecule has 1 rings (SSSR count). The summed E-state index contributed by atoms with van der Waals surface area (Å²) in [5.41, 5.74) is 6.18. The van der Waals surface area contributed by atoms with Gasteiger partial charge in [0.2, 0.25) is 0 Å². The van der Waals surface area contributed by atoms with Crippen molar-refractivity contribution in [3.63, 3.8) is 0 Å². The van der Waals surface area contributed by atoms with Crippen molar-refractivity contribution in [1.29, 1.82) is 0 Å². The topological polar surface area (TPSA) is 75.4 Å². The zero-order chi connectivity index (χ0) is 14.6. The number of benzene rings is 1. The van der Waals surface area contributed by atoms with E-state index in [9.17, 15) is 9.59 Å². The van der Waals surface area contributed by atoms with Gasteiger partial charge in [-0.2, -0.15) is 0 Å². The van der Waals surface area contributed by atoms with Crippen LogP contribution in [0.1, 0.15) is 34.6 Å². The normalized spacial score (nSPS) is 10.4. The van der Waals surface area contributed by atoms with E-state index in [1.54, 1.807) is 38.4 Å². The second-order valence-corrected chi connectivity index (χ2v) is 5.32. The van der Waals surface area contributed by atoms with Gasteiger partial charge in [-0.1, -0.05) is 0 Å². The maximum Gasteiger partial charge on any atom is 0.253 e. The molecule has 1 aromatic carbocycles. The van der Waals surface area contributed by atoms with Crippen LogP contribution in [0.4, 0.5) is 0 Å². The molecule has 0 aliphatic carbocycles. The Kier molecular flexibility index (Phi) is 6.68. The molecule has 0 fully saturated rings. The number of hydrogen-bond acceptors (Lipinski definition) is 3. The Morgan fingerprint density at radius 2 is 1.60 bits per heavy atom. The van der Waals surface area contributed by atoms with Crippen molar-refractivity contribution < 1.29 is 9.59 Å². The molecule has 3 N–H and O–H groups in total. The Morgan fingerprint density at radius 3 is 2.00 bits per heavy atom. The van der Waals surface area contributed by atoms with Gasteiger partial charge in [0, 0.05) is 37.3 Å². The molecule has 20 heavy (non-hydrogen) atoms. The summed E-state index contributed by atoms with van der Waals surface area (Å²) in [6.07, 6.45) is 0. The SMILES string of the molecule is CN(C)C(=O)c1ccc(C(=O)NC(C)(C)CN)cc1.Cl. The standard InChI is InChI=1S/C14H21N3O2.ClH/c1-14(2,9-15)16-12(18)10-5-7-11(8-6-10)13(19)17(3)4;/h5-8H,9,15H2,1-4H3,(H,16,18);1H. The number of amides is 2. The Balaban J connectivity index is 0.00000361. The molecule has 5 nitrogen and oxygen atoms in total. The van der Waals surface area contributed by atoms with E-state index in [1.165, 1.54) is 4.90 Å². The van der Waals surface area contributed by atoms with E-state index < -0.39 is 5.54 Å². The fourth-order valence-corrected chi connectivity index (χ4v) is 1.45. The average Bonchev–Trinajstić information content (AvgIpc) is 2.37. The predicted octanol–water partition coefficient (Wildman–Crippen LogP) is 1.28. The number of nitrogens with zero attached hydrogens (tertiary/aromatic N) is 1. The van der Waals surface area contributed by atoms with Crippen LogP contribution in [0.2, 0.25) is 0 Å². The van der Waals surface area contributed by atoms with Crippen molar-refractivity contribution in [3.8, 4) is 0 Å². The van der Waals surface area contributed by atoms with Crippen molar-refractivity contribution in [2.75, 3.05) is 20.6 Å². The number of nitrogens with two attached hydrogens (primary N) is 1. The number of hydrogen-bond donors (Lipinski definition) is 2. The van der Waals surface area contributed by atoms with Gasteiger partial charge in [0.05, 0.1) is 0 Å². The molecule has 0 spiro atoms. The minimum atomic E-state index is -0.449. The third-order valence-corrected chi connectivity index (χ3v) is 2.76. The summed E-state index contributed by atoms with van der Waals surface area (Å²) in [7, 11) is 3.37. The van der Waals surface area contributed by atoms with E-state index in [4.69, 9.17) is 5.73 Å². The quantitative estimate of drug-likeness (QED) is 0.879. The molecule has 0 bridgehead atoms. The minimum absolute atomic E-state index is 0. The summed E-state index contributed by atoms with van der Waals surface area (Å²) >= 11 is 0. The average molecular weight is 300 g/mol. The maximum atomic E-state index is 12.0. The van der Waals surface area contributed by atoms with E-state index in [2.05, 4.69) is 5.32 Å². The van der Waals surface area contributed by atoms with Crippen LogP contribution in [0.5, 0.6) is 0 Å². The van der Waals surface area contributed by atoms with Crippen LogP contribution in [0.3, 0.4) is 0 Å². The lowest BCUT2D eigenvalue weighted by atomic mass is 10.0. The summed E-state index contributed by atoms with van der Waals surface area (Å²) < 4.78 is 0. The highest BCUT2D eigenvalue weighted by molar-refractivity contribution is 5.97. The van der Waals surface area contributed by atoms with Gasteiger partial charge in [0.25, 0.3) is 11.8 Å². The lowest BCUT2D eigenvalue weighted by molar-refractivity contribution is 0.0826. The summed E-state index contributed by atoms with van der Waals surface area (Å²) in [5.74, 6) is -0.284. The first-order chi connectivity index (χ1) is 8.76. The first-order valence-electron chi connectivity index (χ1n) is 6.11. The van der Waals surface area contributed by atoms with Gasteiger partial charge in [-0.25, -0.2) is 0 Å². The molecule has 0 aliphatic heterocycles. The van der Waals surface area contributed by atoms with E-state index in [1.807, 2.05) is 13.8 Å². The molecule has 0 radical (unpaired) electrons. The monoisotopic (exact) mass is 299 g/mol. The molecule has 0 saturated heterocycles. The molecule has 0 heterocycles. The minimum Gasteiger partial charge on any atom is -0.346 e. The molecular weight excluding hydrogens is 278 g/mol. The maximum absolute atomic E-state index is 12.0. The predicted molar refractivity (Wildman–Crippen MR) is 82.3 cm³/mol. The van der Waals surface area contributed by atoms with Crippen molar-refractivity contribution >= 4 is 24.2 Å². The molecule has 0 saturated carbocycles. The number of rotatable bonds is 4. The summed E-state index contributed by atoms with van der Waals surface area (Å²) in [6.45, 7) is 4.07. The van der Waals surface area contributed by atoms with Crippen molar-refractivity contribution in [2.24, 2.45) is 5.73 Å². The van der Waals surface area contributed by atoms with Crippen molar-refractivity contribution in [2.45, 2.75) is 19.4 Å². The van der Waals surface area contributed by atoms with Gasteiger partial charge >= 0.3 is 0 Å². The molecule has 0 unspecified atom stereocenters. The summed E-state index contributed by atoms with van der Waals surface area (Å²) in [5, 5.41) is 2.83. The Hall–Kier alpha value is -1.59. The first-order valence-corrected chi connectivity index (χ1v) is 6.11. The van der Waals surface area contributed by atoms with Gasteiger partial charge in [-0.05, 0) is 38.1 Å². The largest absolute Gasteiger partial charge is 0.346 e. The summed E-state index contributed by atoms with van der Waals surface area (Å²) in [6, 6.07) is 6.57. The highest BCUT2D eigenvalue weighted by Gasteiger charge is 2.19. The third kappa shape index (κ3) is 4.83. The fourth-order valence-electron chi connectivity index (χ4n) is 1.45. The second-order valence-electron chi connectivity index (χ2n) is 5.32. The van der Waals surface area contributed by atoms with Crippen LogP contribution in [0.25, 0.3) is 0 Å². The van der Waals surface area contributed by atoms with Crippen molar-refractivity contribution in [1.82, 2.24) is 10.2 Å².